The summed E-state index contributed by atoms with van der Waals surface area (Å²) in [6, 6.07) is 0.562. The van der Waals surface area contributed by atoms with Crippen molar-refractivity contribution in [2.45, 2.75) is 58.2 Å². The largest absolute Gasteiger partial charge is 0.296 e. The lowest BCUT2D eigenvalue weighted by molar-refractivity contribution is 0.430. The van der Waals surface area contributed by atoms with Gasteiger partial charge in [-0.3, -0.25) is 5.32 Å². The summed E-state index contributed by atoms with van der Waals surface area (Å²) in [5.41, 5.74) is 9.32. The summed E-state index contributed by atoms with van der Waals surface area (Å²) in [7, 11) is 0. The number of rotatable bonds is 4. The van der Waals surface area contributed by atoms with E-state index in [1.165, 1.54) is 25.7 Å². The highest BCUT2D eigenvalue weighted by atomic mass is 15.1. The highest BCUT2D eigenvalue weighted by molar-refractivity contribution is 4.84. The van der Waals surface area contributed by atoms with Gasteiger partial charge in [-0.2, -0.15) is 0 Å². The summed E-state index contributed by atoms with van der Waals surface area (Å²) in [6.45, 7) is 4.44. The van der Waals surface area contributed by atoms with Gasteiger partial charge < -0.3 is 0 Å². The first-order chi connectivity index (χ1) is 5.74. The highest BCUT2D eigenvalue weighted by Crippen LogP contribution is 2.22. The van der Waals surface area contributed by atoms with Crippen LogP contribution in [0.15, 0.2) is 0 Å². The van der Waals surface area contributed by atoms with Crippen LogP contribution in [0.5, 0.6) is 0 Å². The Balaban J connectivity index is 2.15. The molecule has 3 atom stereocenters. The van der Waals surface area contributed by atoms with Crippen molar-refractivity contribution in [3.8, 4) is 0 Å². The molecule has 1 aliphatic heterocycles. The van der Waals surface area contributed by atoms with Crippen LogP contribution in [-0.4, -0.2) is 12.2 Å². The first-order valence-electron chi connectivity index (χ1n) is 5.18. The van der Waals surface area contributed by atoms with Gasteiger partial charge in [0.05, 0.1) is 6.17 Å². The van der Waals surface area contributed by atoms with Crippen LogP contribution in [-0.2, 0) is 0 Å². The van der Waals surface area contributed by atoms with E-state index in [2.05, 4.69) is 19.2 Å². The number of hydrogen-bond acceptors (Lipinski definition) is 1. The van der Waals surface area contributed by atoms with E-state index in [9.17, 15) is 5.73 Å². The molecule has 0 amide bonds. The smallest absolute Gasteiger partial charge is 0.0931 e. The summed E-state index contributed by atoms with van der Waals surface area (Å²) in [6.07, 6.45) is 5.81. The van der Waals surface area contributed by atoms with E-state index in [1.807, 2.05) is 0 Å². The van der Waals surface area contributed by atoms with Crippen LogP contribution in [0.2, 0.25) is 0 Å². The SMILES string of the molecule is CCCCC[C@H]1NC([N])CC1C. The Labute approximate surface area is 75.9 Å². The van der Waals surface area contributed by atoms with Crippen molar-refractivity contribution in [3.63, 3.8) is 0 Å². The van der Waals surface area contributed by atoms with E-state index in [-0.39, 0.29) is 6.17 Å². The molecule has 2 nitrogen and oxygen atoms in total. The molecule has 70 valence electrons. The lowest BCUT2D eigenvalue weighted by Crippen LogP contribution is -2.31. The van der Waals surface area contributed by atoms with Crippen molar-refractivity contribution >= 4 is 0 Å². The normalized spacial score (nSPS) is 35.8. The third kappa shape index (κ3) is 2.76. The Kier molecular flexibility index (Phi) is 4.02. The summed E-state index contributed by atoms with van der Waals surface area (Å²) in [5.74, 6) is 0.650. The molecule has 1 rings (SSSR count). The molecular weight excluding hydrogens is 148 g/mol. The average Bonchev–Trinajstić information content (AvgIpc) is 2.31. The second-order valence-electron chi connectivity index (χ2n) is 4.00. The molecule has 0 spiro atoms. The third-order valence-electron chi connectivity index (χ3n) is 2.81. The maximum absolute atomic E-state index is 9.32. The maximum Gasteiger partial charge on any atom is 0.0931 e. The highest BCUT2D eigenvalue weighted by Gasteiger charge is 2.28. The van der Waals surface area contributed by atoms with Gasteiger partial charge in [0, 0.05) is 6.04 Å². The van der Waals surface area contributed by atoms with E-state index in [4.69, 9.17) is 0 Å². The third-order valence-corrected chi connectivity index (χ3v) is 2.81. The molecule has 12 heavy (non-hydrogen) atoms. The van der Waals surface area contributed by atoms with E-state index < -0.39 is 0 Å². The molecule has 0 aromatic rings. The van der Waals surface area contributed by atoms with Crippen LogP contribution in [0.1, 0.15) is 46.0 Å². The standard InChI is InChI=1S/C10H20N2/c1-3-4-5-6-9-8(2)7-10(11)12-9/h8-10,12H,3-7H2,1-2H3/t8?,9-,10?/m1/s1. The molecule has 2 unspecified atom stereocenters. The zero-order chi connectivity index (χ0) is 8.97. The summed E-state index contributed by atoms with van der Waals surface area (Å²) >= 11 is 0. The lowest BCUT2D eigenvalue weighted by atomic mass is 9.98. The number of nitrogens with zero attached hydrogens (tertiary/aromatic N) is 1. The van der Waals surface area contributed by atoms with E-state index in [1.54, 1.807) is 0 Å². The van der Waals surface area contributed by atoms with Gasteiger partial charge in [0.2, 0.25) is 0 Å². The number of nitrogens with one attached hydrogen (secondary N) is 1. The molecule has 0 aromatic heterocycles. The van der Waals surface area contributed by atoms with Crippen molar-refractivity contribution in [1.82, 2.24) is 11.1 Å². The Morgan fingerprint density at radius 3 is 2.67 bits per heavy atom. The monoisotopic (exact) mass is 168 g/mol. The second-order valence-corrected chi connectivity index (χ2v) is 4.00. The Bertz CT molecular complexity index is 125. The van der Waals surface area contributed by atoms with Crippen molar-refractivity contribution in [2.75, 3.05) is 0 Å². The molecular formula is C10H20N2. The zero-order valence-corrected chi connectivity index (χ0v) is 8.21. The predicted octanol–water partition coefficient (Wildman–Crippen LogP) is 1.96. The number of unbranched alkanes of at least 4 members (excludes halogenated alkanes) is 2. The van der Waals surface area contributed by atoms with Gasteiger partial charge >= 0.3 is 0 Å². The van der Waals surface area contributed by atoms with E-state index in [0.29, 0.717) is 12.0 Å². The minimum absolute atomic E-state index is 0.244. The molecule has 1 aliphatic rings. The fraction of sp³-hybridized carbons (Fsp3) is 1.00. The lowest BCUT2D eigenvalue weighted by Gasteiger charge is -2.14. The maximum atomic E-state index is 9.32. The topological polar surface area (TPSA) is 34.3 Å². The molecule has 1 fully saturated rings. The minimum Gasteiger partial charge on any atom is -0.296 e. The molecule has 0 bridgehead atoms. The molecule has 1 heterocycles. The van der Waals surface area contributed by atoms with Crippen LogP contribution in [0.4, 0.5) is 0 Å². The second kappa shape index (κ2) is 4.83. The predicted molar refractivity (Wildman–Crippen MR) is 50.8 cm³/mol. The van der Waals surface area contributed by atoms with Gasteiger partial charge in [-0.25, -0.2) is 0 Å². The Morgan fingerprint density at radius 1 is 1.42 bits per heavy atom. The first-order valence-corrected chi connectivity index (χ1v) is 5.18. The summed E-state index contributed by atoms with van der Waals surface area (Å²) in [4.78, 5) is 0. The van der Waals surface area contributed by atoms with Gasteiger partial charge in [-0.05, 0) is 18.8 Å². The molecule has 2 radical (unpaired) electrons. The summed E-state index contributed by atoms with van der Waals surface area (Å²) in [5, 5.41) is 3.22. The Hall–Kier alpha value is -0.0800. The van der Waals surface area contributed by atoms with Crippen LogP contribution < -0.4 is 11.1 Å². The molecule has 0 aromatic carbocycles. The van der Waals surface area contributed by atoms with E-state index in [0.717, 1.165) is 6.42 Å². The van der Waals surface area contributed by atoms with Crippen LogP contribution in [0.3, 0.4) is 0 Å². The quantitative estimate of drug-likeness (QED) is 0.640. The molecule has 2 heteroatoms. The van der Waals surface area contributed by atoms with Crippen molar-refractivity contribution < 1.29 is 0 Å². The summed E-state index contributed by atoms with van der Waals surface area (Å²) < 4.78 is 0. The van der Waals surface area contributed by atoms with Gasteiger partial charge in [0.15, 0.2) is 0 Å². The van der Waals surface area contributed by atoms with Gasteiger partial charge in [-0.15, -0.1) is 5.73 Å². The first kappa shape index (κ1) is 10.0. The van der Waals surface area contributed by atoms with Crippen LogP contribution in [0, 0.1) is 5.92 Å². The van der Waals surface area contributed by atoms with Crippen LogP contribution in [0.25, 0.3) is 0 Å². The zero-order valence-electron chi connectivity index (χ0n) is 8.21. The molecule has 0 aliphatic carbocycles. The molecule has 0 saturated carbocycles. The molecule has 1 saturated heterocycles. The van der Waals surface area contributed by atoms with Gasteiger partial charge in [0.1, 0.15) is 0 Å². The van der Waals surface area contributed by atoms with Gasteiger partial charge in [0.25, 0.3) is 0 Å². The van der Waals surface area contributed by atoms with E-state index >= 15 is 0 Å². The number of hydrogen-bond donors (Lipinski definition) is 1. The fourth-order valence-corrected chi connectivity index (χ4v) is 1.98. The Morgan fingerprint density at radius 2 is 2.17 bits per heavy atom. The van der Waals surface area contributed by atoms with Crippen molar-refractivity contribution in [2.24, 2.45) is 5.92 Å². The van der Waals surface area contributed by atoms with Gasteiger partial charge in [-0.1, -0.05) is 33.1 Å². The fourth-order valence-electron chi connectivity index (χ4n) is 1.98. The van der Waals surface area contributed by atoms with Crippen molar-refractivity contribution in [1.29, 1.82) is 0 Å². The molecule has 1 N–H and O–H groups in total. The van der Waals surface area contributed by atoms with Crippen LogP contribution >= 0.6 is 0 Å². The minimum atomic E-state index is -0.244. The average molecular weight is 168 g/mol. The van der Waals surface area contributed by atoms with Crippen molar-refractivity contribution in [3.05, 3.63) is 0 Å².